The molecule has 0 aliphatic heterocycles. The number of nitrogens with two attached hydrogens (primary N) is 1. The van der Waals surface area contributed by atoms with E-state index in [1.807, 2.05) is 12.5 Å². The number of aliphatic hydroxyl groups is 1. The zero-order chi connectivity index (χ0) is 25.7. The van der Waals surface area contributed by atoms with Crippen LogP contribution >= 0.6 is 23.5 Å². The van der Waals surface area contributed by atoms with E-state index in [0.717, 1.165) is 0 Å². The van der Waals surface area contributed by atoms with Gasteiger partial charge < -0.3 is 36.9 Å². The summed E-state index contributed by atoms with van der Waals surface area (Å²) in [4.78, 5) is 56.3. The number of nitrogens with one attached hydrogen (secondary N) is 4. The molecule has 1 heterocycles. The predicted molar refractivity (Wildman–Crippen MR) is 131 cm³/mol. The zero-order valence-corrected chi connectivity index (χ0v) is 21.1. The van der Waals surface area contributed by atoms with E-state index in [0.29, 0.717) is 23.6 Å². The van der Waals surface area contributed by atoms with Crippen LogP contribution in [0, 0.1) is 0 Å². The molecule has 0 fully saturated rings. The molecule has 8 N–H and O–H groups in total. The van der Waals surface area contributed by atoms with E-state index in [9.17, 15) is 29.4 Å². The number of carbonyl (C=O) groups excluding carboxylic acids is 3. The second-order valence-corrected chi connectivity index (χ2v) is 9.61. The second kappa shape index (κ2) is 15.6. The molecule has 1 aromatic rings. The van der Waals surface area contributed by atoms with E-state index >= 15 is 0 Å². The summed E-state index contributed by atoms with van der Waals surface area (Å²) in [6.45, 7) is 1.29. The van der Waals surface area contributed by atoms with Crippen molar-refractivity contribution < 1.29 is 29.4 Å². The molecular formula is C20H34N6O6S2. The van der Waals surface area contributed by atoms with Gasteiger partial charge in [-0.3, -0.25) is 14.4 Å². The number of carboxylic acid groups (broad SMARTS) is 1. The summed E-state index contributed by atoms with van der Waals surface area (Å²) in [5.41, 5.74) is 6.38. The highest BCUT2D eigenvalue weighted by molar-refractivity contribution is 7.98. The quantitative estimate of drug-likeness (QED) is 0.138. The van der Waals surface area contributed by atoms with Gasteiger partial charge in [0, 0.05) is 18.3 Å². The smallest absolute Gasteiger partial charge is 0.326 e. The Labute approximate surface area is 207 Å². The van der Waals surface area contributed by atoms with E-state index in [1.54, 1.807) is 11.8 Å². The number of amides is 3. The number of hydrogen-bond donors (Lipinski definition) is 7. The Morgan fingerprint density at radius 2 is 1.65 bits per heavy atom. The van der Waals surface area contributed by atoms with Gasteiger partial charge in [0.1, 0.15) is 18.1 Å². The standard InChI is InChI=1S/C20H34N6O6S2/c1-11(27)16(19(30)25-15(20(31)32)8-12-9-22-10-23-12)26-18(29)14(5-7-34-3)24-17(28)13(21)4-6-33-2/h9-11,13-16,27H,4-8,21H2,1-3H3,(H,22,23)(H,24,28)(H,25,30)(H,26,29)(H,31,32). The molecule has 0 saturated carbocycles. The van der Waals surface area contributed by atoms with E-state index in [2.05, 4.69) is 25.9 Å². The maximum atomic E-state index is 12.9. The van der Waals surface area contributed by atoms with Crippen molar-refractivity contribution in [3.8, 4) is 0 Å². The average molecular weight is 519 g/mol. The van der Waals surface area contributed by atoms with Crippen LogP contribution in [0.5, 0.6) is 0 Å². The first-order valence-electron chi connectivity index (χ1n) is 10.6. The molecule has 5 unspecified atom stereocenters. The average Bonchev–Trinajstić information content (AvgIpc) is 3.30. The van der Waals surface area contributed by atoms with Crippen molar-refractivity contribution in [1.82, 2.24) is 25.9 Å². The van der Waals surface area contributed by atoms with Crippen molar-refractivity contribution in [2.24, 2.45) is 5.73 Å². The first kappa shape index (κ1) is 29.7. The number of imidazole rings is 1. The van der Waals surface area contributed by atoms with Crippen LogP contribution in [0.3, 0.4) is 0 Å². The number of carbonyl (C=O) groups is 4. The third-order valence-electron chi connectivity index (χ3n) is 4.87. The van der Waals surface area contributed by atoms with Crippen LogP contribution in [-0.4, -0.2) is 98.2 Å². The Morgan fingerprint density at radius 1 is 1.03 bits per heavy atom. The molecule has 0 spiro atoms. The highest BCUT2D eigenvalue weighted by Crippen LogP contribution is 2.06. The van der Waals surface area contributed by atoms with E-state index in [-0.39, 0.29) is 12.8 Å². The van der Waals surface area contributed by atoms with Crippen molar-refractivity contribution >= 4 is 47.2 Å². The normalized spacial score (nSPS) is 15.4. The summed E-state index contributed by atoms with van der Waals surface area (Å²) in [5, 5.41) is 27.0. The fourth-order valence-corrected chi connectivity index (χ4v) is 3.86. The second-order valence-electron chi connectivity index (χ2n) is 7.64. The predicted octanol–water partition coefficient (Wildman–Crippen LogP) is -1.29. The lowest BCUT2D eigenvalue weighted by atomic mass is 10.1. The van der Waals surface area contributed by atoms with Gasteiger partial charge in [0.15, 0.2) is 0 Å². The van der Waals surface area contributed by atoms with Gasteiger partial charge in [-0.25, -0.2) is 9.78 Å². The third-order valence-corrected chi connectivity index (χ3v) is 6.16. The monoisotopic (exact) mass is 518 g/mol. The summed E-state index contributed by atoms with van der Waals surface area (Å²) in [6, 6.07) is -4.51. The lowest BCUT2D eigenvalue weighted by Crippen LogP contribution is -2.60. The number of hydrogen-bond acceptors (Lipinski definition) is 9. The van der Waals surface area contributed by atoms with Gasteiger partial charge in [0.2, 0.25) is 17.7 Å². The number of rotatable bonds is 16. The van der Waals surface area contributed by atoms with Gasteiger partial charge in [-0.1, -0.05) is 0 Å². The Bertz CT molecular complexity index is 795. The molecule has 192 valence electrons. The molecule has 0 radical (unpaired) electrons. The molecular weight excluding hydrogens is 484 g/mol. The van der Waals surface area contributed by atoms with Crippen LogP contribution < -0.4 is 21.7 Å². The van der Waals surface area contributed by atoms with Crippen molar-refractivity contribution in [3.05, 3.63) is 18.2 Å². The minimum absolute atomic E-state index is 0.0676. The van der Waals surface area contributed by atoms with Crippen molar-refractivity contribution in [1.29, 1.82) is 0 Å². The number of H-pyrrole nitrogens is 1. The van der Waals surface area contributed by atoms with Gasteiger partial charge in [0.25, 0.3) is 0 Å². The first-order valence-corrected chi connectivity index (χ1v) is 13.4. The van der Waals surface area contributed by atoms with Gasteiger partial charge in [-0.15, -0.1) is 0 Å². The Hall–Kier alpha value is -2.29. The van der Waals surface area contributed by atoms with Gasteiger partial charge in [-0.2, -0.15) is 23.5 Å². The number of aliphatic hydroxyl groups excluding tert-OH is 1. The summed E-state index contributed by atoms with van der Waals surface area (Å²) in [5.74, 6) is -2.09. The Kier molecular flexibility index (Phi) is 13.6. The molecule has 5 atom stereocenters. The number of aromatic nitrogens is 2. The zero-order valence-electron chi connectivity index (χ0n) is 19.4. The number of carboxylic acids is 1. The Balaban J connectivity index is 2.88. The fourth-order valence-electron chi connectivity index (χ4n) is 2.90. The first-order chi connectivity index (χ1) is 16.1. The van der Waals surface area contributed by atoms with Crippen LogP contribution in [0.2, 0.25) is 0 Å². The lowest BCUT2D eigenvalue weighted by molar-refractivity contribution is -0.143. The number of aliphatic carboxylic acids is 1. The van der Waals surface area contributed by atoms with Gasteiger partial charge >= 0.3 is 5.97 Å². The van der Waals surface area contributed by atoms with Gasteiger partial charge in [-0.05, 0) is 43.8 Å². The maximum Gasteiger partial charge on any atom is 0.326 e. The number of thioether (sulfide) groups is 2. The Morgan fingerprint density at radius 3 is 2.18 bits per heavy atom. The molecule has 3 amide bonds. The number of nitrogens with zero attached hydrogens (tertiary/aromatic N) is 1. The summed E-state index contributed by atoms with van der Waals surface area (Å²) in [7, 11) is 0. The molecule has 12 nitrogen and oxygen atoms in total. The molecule has 0 bridgehead atoms. The summed E-state index contributed by atoms with van der Waals surface area (Å²) < 4.78 is 0. The molecule has 0 aliphatic rings. The SMILES string of the molecule is CSCCC(N)C(=O)NC(CCSC)C(=O)NC(C(=O)NC(Cc1cnc[nH]1)C(=O)O)C(C)O. The van der Waals surface area contributed by atoms with Crippen molar-refractivity contribution in [3.63, 3.8) is 0 Å². The van der Waals surface area contributed by atoms with Gasteiger partial charge in [0.05, 0.1) is 18.5 Å². The minimum Gasteiger partial charge on any atom is -0.480 e. The van der Waals surface area contributed by atoms with Crippen LogP contribution in [0.15, 0.2) is 12.5 Å². The highest BCUT2D eigenvalue weighted by atomic mass is 32.2. The number of aromatic amines is 1. The highest BCUT2D eigenvalue weighted by Gasteiger charge is 2.32. The molecule has 1 aromatic heterocycles. The topological polar surface area (TPSA) is 200 Å². The molecule has 0 aromatic carbocycles. The third kappa shape index (κ3) is 10.3. The van der Waals surface area contributed by atoms with Crippen LogP contribution in [0.25, 0.3) is 0 Å². The van der Waals surface area contributed by atoms with Crippen LogP contribution in [0.4, 0.5) is 0 Å². The van der Waals surface area contributed by atoms with Crippen LogP contribution in [0.1, 0.15) is 25.5 Å². The molecule has 34 heavy (non-hydrogen) atoms. The summed E-state index contributed by atoms with van der Waals surface area (Å²) in [6.07, 6.45) is 5.87. The summed E-state index contributed by atoms with van der Waals surface area (Å²) >= 11 is 3.02. The largest absolute Gasteiger partial charge is 0.480 e. The molecule has 0 saturated heterocycles. The molecule has 14 heteroatoms. The molecule has 1 rings (SSSR count). The minimum atomic E-state index is -1.44. The van der Waals surface area contributed by atoms with E-state index < -0.39 is 54.0 Å². The van der Waals surface area contributed by atoms with Crippen molar-refractivity contribution in [2.75, 3.05) is 24.0 Å². The van der Waals surface area contributed by atoms with E-state index in [1.165, 1.54) is 31.2 Å². The molecule has 0 aliphatic carbocycles. The van der Waals surface area contributed by atoms with Crippen molar-refractivity contribution in [2.45, 2.75) is 56.5 Å². The lowest BCUT2D eigenvalue weighted by Gasteiger charge is -2.26. The van der Waals surface area contributed by atoms with Crippen LogP contribution in [-0.2, 0) is 25.6 Å². The maximum absolute atomic E-state index is 12.9. The fraction of sp³-hybridized carbons (Fsp3) is 0.650. The van der Waals surface area contributed by atoms with E-state index in [4.69, 9.17) is 5.73 Å².